The van der Waals surface area contributed by atoms with Crippen LogP contribution in [0, 0.1) is 10.1 Å². The van der Waals surface area contributed by atoms with E-state index in [9.17, 15) is 28.1 Å². The van der Waals surface area contributed by atoms with E-state index in [1.165, 1.54) is 24.1 Å². The lowest BCUT2D eigenvalue weighted by atomic mass is 9.95. The molecule has 0 aromatic heterocycles. The summed E-state index contributed by atoms with van der Waals surface area (Å²) in [6.07, 6.45) is 5.81. The number of ether oxygens (including phenoxy) is 1. The monoisotopic (exact) mass is 624 g/mol. The molecule has 11 nitrogen and oxygen atoms in total. The number of non-ortho nitro benzene ring substituents is 1. The lowest BCUT2D eigenvalue weighted by molar-refractivity contribution is -0.384. The summed E-state index contributed by atoms with van der Waals surface area (Å²) in [5.41, 5.74) is 0.229. The van der Waals surface area contributed by atoms with Crippen molar-refractivity contribution in [2.45, 2.75) is 57.7 Å². The van der Waals surface area contributed by atoms with Crippen molar-refractivity contribution in [2.24, 2.45) is 0 Å². The molecule has 1 unspecified atom stereocenters. The fourth-order valence-electron chi connectivity index (χ4n) is 4.52. The van der Waals surface area contributed by atoms with Crippen LogP contribution < -0.4 is 14.4 Å². The van der Waals surface area contributed by atoms with Crippen LogP contribution in [0.2, 0.25) is 0 Å². The molecular weight excluding hydrogens is 592 g/mol. The van der Waals surface area contributed by atoms with E-state index in [1.54, 1.807) is 19.1 Å². The van der Waals surface area contributed by atoms with E-state index < -0.39 is 33.4 Å². The summed E-state index contributed by atoms with van der Waals surface area (Å²) < 4.78 is 32.6. The second kappa shape index (κ2) is 13.2. The molecule has 2 aromatic rings. The Bertz CT molecular complexity index is 1300. The van der Waals surface area contributed by atoms with Gasteiger partial charge in [-0.3, -0.25) is 24.0 Å². The number of nitro groups is 1. The summed E-state index contributed by atoms with van der Waals surface area (Å²) in [7, 11) is -2.80. The van der Waals surface area contributed by atoms with Gasteiger partial charge in [0.05, 0.1) is 18.3 Å². The van der Waals surface area contributed by atoms with E-state index in [-0.39, 0.29) is 35.6 Å². The van der Waals surface area contributed by atoms with Crippen molar-refractivity contribution in [3.8, 4) is 5.75 Å². The number of amides is 2. The van der Waals surface area contributed by atoms with Gasteiger partial charge in [0.25, 0.3) is 5.69 Å². The second-order valence-corrected chi connectivity index (χ2v) is 12.4. The molecule has 1 atom stereocenters. The Labute approximate surface area is 236 Å². The summed E-state index contributed by atoms with van der Waals surface area (Å²) >= 11 is 3.38. The zero-order valence-corrected chi connectivity index (χ0v) is 24.5. The zero-order valence-electron chi connectivity index (χ0n) is 22.1. The van der Waals surface area contributed by atoms with Crippen molar-refractivity contribution in [1.29, 1.82) is 0 Å². The molecule has 1 aliphatic carbocycles. The second-order valence-electron chi connectivity index (χ2n) is 9.55. The SMILES string of the molecule is COc1ccc([N+](=O)[O-])cc1N(CC(=O)N(Cc1ccc(Br)cc1)C(C)C(=O)NC1CCCCC1)S(C)(=O)=O. The Balaban J connectivity index is 1.95. The first-order valence-electron chi connectivity index (χ1n) is 12.5. The van der Waals surface area contributed by atoms with Gasteiger partial charge in [-0.25, -0.2) is 8.42 Å². The molecule has 212 valence electrons. The standard InChI is InChI=1S/C26H33BrN4O7S/c1-18(26(33)28-21-7-5-4-6-8-21)29(16-19-9-11-20(27)12-10-19)25(32)17-30(39(3,36)37)23-15-22(31(34)35)13-14-24(23)38-2/h9-15,18,21H,4-8,16-17H2,1-3H3,(H,28,33). The maximum atomic E-state index is 13.8. The molecule has 13 heteroatoms. The molecule has 0 heterocycles. The van der Waals surface area contributed by atoms with Gasteiger partial charge >= 0.3 is 0 Å². The highest BCUT2D eigenvalue weighted by Crippen LogP contribution is 2.34. The molecule has 0 bridgehead atoms. The van der Waals surface area contributed by atoms with Gasteiger partial charge in [0.1, 0.15) is 24.0 Å². The van der Waals surface area contributed by atoms with Crippen molar-refractivity contribution in [1.82, 2.24) is 10.2 Å². The maximum absolute atomic E-state index is 13.8. The number of benzene rings is 2. The van der Waals surface area contributed by atoms with Gasteiger partial charge in [-0.15, -0.1) is 0 Å². The molecule has 1 N–H and O–H groups in total. The average molecular weight is 626 g/mol. The number of nitrogens with one attached hydrogen (secondary N) is 1. The lowest BCUT2D eigenvalue weighted by Crippen LogP contribution is -2.53. The summed E-state index contributed by atoms with van der Waals surface area (Å²) in [6.45, 7) is 0.969. The third-order valence-electron chi connectivity index (χ3n) is 6.71. The first-order valence-corrected chi connectivity index (χ1v) is 15.2. The number of nitro benzene ring substituents is 1. The Kier molecular flexibility index (Phi) is 10.3. The van der Waals surface area contributed by atoms with Gasteiger partial charge in [0, 0.05) is 29.2 Å². The predicted octanol–water partition coefficient (Wildman–Crippen LogP) is 4.00. The van der Waals surface area contributed by atoms with Gasteiger partial charge in [-0.1, -0.05) is 47.3 Å². The van der Waals surface area contributed by atoms with Crippen LogP contribution in [0.3, 0.4) is 0 Å². The third-order valence-corrected chi connectivity index (χ3v) is 8.36. The van der Waals surface area contributed by atoms with E-state index in [0.29, 0.717) is 0 Å². The minimum absolute atomic E-state index is 0.0278. The molecule has 1 saturated carbocycles. The topological polar surface area (TPSA) is 139 Å². The minimum Gasteiger partial charge on any atom is -0.495 e. The molecule has 0 saturated heterocycles. The van der Waals surface area contributed by atoms with Crippen molar-refractivity contribution in [3.05, 3.63) is 62.6 Å². The van der Waals surface area contributed by atoms with E-state index in [1.807, 2.05) is 12.1 Å². The first kappa shape index (κ1) is 30.4. The number of hydrogen-bond donors (Lipinski definition) is 1. The highest BCUT2D eigenvalue weighted by atomic mass is 79.9. The van der Waals surface area contributed by atoms with Crippen molar-refractivity contribution >= 4 is 49.1 Å². The molecule has 0 aliphatic heterocycles. The average Bonchev–Trinajstić information content (AvgIpc) is 2.90. The molecule has 3 rings (SSSR count). The highest BCUT2D eigenvalue weighted by Gasteiger charge is 2.32. The third kappa shape index (κ3) is 8.15. The normalized spacial score (nSPS) is 14.8. The van der Waals surface area contributed by atoms with Crippen LogP contribution in [0.4, 0.5) is 11.4 Å². The van der Waals surface area contributed by atoms with Crippen molar-refractivity contribution in [2.75, 3.05) is 24.2 Å². The number of halogens is 1. The quantitative estimate of drug-likeness (QED) is 0.294. The summed E-state index contributed by atoms with van der Waals surface area (Å²) in [4.78, 5) is 39.0. The lowest BCUT2D eigenvalue weighted by Gasteiger charge is -2.33. The Morgan fingerprint density at radius 1 is 1.15 bits per heavy atom. The predicted molar refractivity (Wildman–Crippen MR) is 151 cm³/mol. The zero-order chi connectivity index (χ0) is 28.7. The summed E-state index contributed by atoms with van der Waals surface area (Å²) in [5, 5.41) is 14.4. The molecule has 0 radical (unpaired) electrons. The molecule has 1 fully saturated rings. The molecular formula is C26H33BrN4O7S. The van der Waals surface area contributed by atoms with E-state index >= 15 is 0 Å². The maximum Gasteiger partial charge on any atom is 0.271 e. The Morgan fingerprint density at radius 2 is 1.79 bits per heavy atom. The number of nitrogens with zero attached hydrogens (tertiary/aromatic N) is 3. The Hall–Kier alpha value is -3.19. The van der Waals surface area contributed by atoms with Crippen LogP contribution in [-0.4, -0.2) is 62.0 Å². The number of carbonyl (C=O) groups is 2. The summed E-state index contributed by atoms with van der Waals surface area (Å²) in [5.74, 6) is -0.934. The van der Waals surface area contributed by atoms with Gasteiger partial charge < -0.3 is 15.0 Å². The number of methoxy groups -OCH3 is 1. The van der Waals surface area contributed by atoms with Gasteiger partial charge in [-0.05, 0) is 43.5 Å². The number of anilines is 1. The van der Waals surface area contributed by atoms with E-state index in [4.69, 9.17) is 4.74 Å². The highest BCUT2D eigenvalue weighted by molar-refractivity contribution is 9.10. The van der Waals surface area contributed by atoms with Gasteiger partial charge in [0.2, 0.25) is 21.8 Å². The van der Waals surface area contributed by atoms with Crippen LogP contribution in [0.1, 0.15) is 44.6 Å². The molecule has 2 amide bonds. The van der Waals surface area contributed by atoms with E-state index in [2.05, 4.69) is 21.2 Å². The van der Waals surface area contributed by atoms with Gasteiger partial charge in [0.15, 0.2) is 0 Å². The molecule has 2 aromatic carbocycles. The number of carbonyl (C=O) groups excluding carboxylic acids is 2. The number of sulfonamides is 1. The fourth-order valence-corrected chi connectivity index (χ4v) is 5.63. The number of hydrogen-bond acceptors (Lipinski definition) is 7. The minimum atomic E-state index is -4.09. The molecule has 0 spiro atoms. The molecule has 39 heavy (non-hydrogen) atoms. The van der Waals surface area contributed by atoms with E-state index in [0.717, 1.165) is 58.8 Å². The van der Waals surface area contributed by atoms with Crippen molar-refractivity contribution < 1.29 is 27.7 Å². The Morgan fingerprint density at radius 3 is 2.36 bits per heavy atom. The largest absolute Gasteiger partial charge is 0.495 e. The van der Waals surface area contributed by atoms with Crippen LogP contribution in [0.25, 0.3) is 0 Å². The molecule has 1 aliphatic rings. The number of rotatable bonds is 11. The van der Waals surface area contributed by atoms with Crippen LogP contribution in [0.5, 0.6) is 5.75 Å². The fraction of sp³-hybridized carbons (Fsp3) is 0.462. The van der Waals surface area contributed by atoms with Crippen molar-refractivity contribution in [3.63, 3.8) is 0 Å². The van der Waals surface area contributed by atoms with Crippen LogP contribution >= 0.6 is 15.9 Å². The van der Waals surface area contributed by atoms with Gasteiger partial charge in [-0.2, -0.15) is 0 Å². The first-order chi connectivity index (χ1) is 18.4. The van der Waals surface area contributed by atoms with Crippen LogP contribution in [0.15, 0.2) is 46.9 Å². The van der Waals surface area contributed by atoms with Crippen LogP contribution in [-0.2, 0) is 26.2 Å². The smallest absolute Gasteiger partial charge is 0.271 e. The summed E-state index contributed by atoms with van der Waals surface area (Å²) in [6, 6.07) is 9.84.